The van der Waals surface area contributed by atoms with Gasteiger partial charge in [0.2, 0.25) is 5.43 Å². The van der Waals surface area contributed by atoms with Crippen molar-refractivity contribution in [2.45, 2.75) is 40.2 Å². The Labute approximate surface area is 167 Å². The third-order valence-electron chi connectivity index (χ3n) is 4.42. The molecular formula is C21H23NO5S. The lowest BCUT2D eigenvalue weighted by Crippen LogP contribution is -2.34. The zero-order valence-corrected chi connectivity index (χ0v) is 17.2. The minimum Gasteiger partial charge on any atom is -0.478 e. The van der Waals surface area contributed by atoms with Gasteiger partial charge in [-0.25, -0.2) is 9.78 Å². The number of ether oxygens (including phenoxy) is 2. The van der Waals surface area contributed by atoms with Crippen LogP contribution >= 0.6 is 11.3 Å². The summed E-state index contributed by atoms with van der Waals surface area (Å²) in [4.78, 5) is 29.4. The molecule has 0 aliphatic rings. The van der Waals surface area contributed by atoms with E-state index in [1.54, 1.807) is 24.6 Å². The summed E-state index contributed by atoms with van der Waals surface area (Å²) >= 11 is 1.42. The van der Waals surface area contributed by atoms with Gasteiger partial charge in [0, 0.05) is 17.4 Å². The monoisotopic (exact) mass is 401 g/mol. The average Bonchev–Trinajstić information content (AvgIpc) is 3.20. The van der Waals surface area contributed by atoms with E-state index in [1.165, 1.54) is 17.6 Å². The molecule has 28 heavy (non-hydrogen) atoms. The summed E-state index contributed by atoms with van der Waals surface area (Å²) in [7, 11) is 0. The number of thiazole rings is 1. The standard InChI is InChI=1S/C21H23NO5S/c1-5-13-7-14-18(26-9-15(19(14)23)16-10-28-11-22-16)8-17(13)27-20(12(3)4)21(24)25-6-2/h7-12,20H,5-6H2,1-4H3/t20-/m1/s1. The molecule has 2 heterocycles. The molecular weight excluding hydrogens is 378 g/mol. The van der Waals surface area contributed by atoms with Crippen LogP contribution < -0.4 is 10.2 Å². The van der Waals surface area contributed by atoms with Gasteiger partial charge in [-0.1, -0.05) is 20.8 Å². The minimum atomic E-state index is -0.733. The molecule has 0 spiro atoms. The van der Waals surface area contributed by atoms with Crippen LogP contribution in [0.2, 0.25) is 0 Å². The fourth-order valence-corrected chi connectivity index (χ4v) is 3.48. The topological polar surface area (TPSA) is 78.6 Å². The molecule has 0 saturated heterocycles. The van der Waals surface area contributed by atoms with E-state index in [0.717, 1.165) is 5.56 Å². The number of aryl methyl sites for hydroxylation is 1. The lowest BCUT2D eigenvalue weighted by molar-refractivity contribution is -0.153. The molecule has 0 radical (unpaired) electrons. The number of hydrogen-bond acceptors (Lipinski definition) is 7. The molecule has 1 atom stereocenters. The van der Waals surface area contributed by atoms with E-state index < -0.39 is 12.1 Å². The van der Waals surface area contributed by atoms with E-state index >= 15 is 0 Å². The Bertz CT molecular complexity index is 1020. The molecule has 0 bridgehead atoms. The summed E-state index contributed by atoms with van der Waals surface area (Å²) in [5, 5.41) is 2.27. The number of hydrogen-bond donors (Lipinski definition) is 0. The van der Waals surface area contributed by atoms with Crippen molar-refractivity contribution in [2.24, 2.45) is 5.92 Å². The van der Waals surface area contributed by atoms with E-state index in [1.807, 2.05) is 26.2 Å². The van der Waals surface area contributed by atoms with Gasteiger partial charge in [0.15, 0.2) is 6.10 Å². The molecule has 0 saturated carbocycles. The van der Waals surface area contributed by atoms with Crippen LogP contribution in [0.4, 0.5) is 0 Å². The summed E-state index contributed by atoms with van der Waals surface area (Å²) in [6, 6.07) is 3.45. The van der Waals surface area contributed by atoms with Crippen molar-refractivity contribution in [2.75, 3.05) is 6.61 Å². The van der Waals surface area contributed by atoms with E-state index in [0.29, 0.717) is 34.4 Å². The number of benzene rings is 1. The first kappa shape index (κ1) is 20.1. The second-order valence-electron chi connectivity index (χ2n) is 6.70. The van der Waals surface area contributed by atoms with Gasteiger partial charge in [0.1, 0.15) is 17.6 Å². The summed E-state index contributed by atoms with van der Waals surface area (Å²) in [5.41, 5.74) is 3.79. The number of carbonyl (C=O) groups is 1. The number of fused-ring (bicyclic) bond motifs is 1. The molecule has 6 nitrogen and oxygen atoms in total. The molecule has 3 aromatic rings. The van der Waals surface area contributed by atoms with Gasteiger partial charge >= 0.3 is 5.97 Å². The molecule has 3 rings (SSSR count). The highest BCUT2D eigenvalue weighted by atomic mass is 32.1. The first-order valence-corrected chi connectivity index (χ1v) is 10.2. The molecule has 0 aliphatic carbocycles. The van der Waals surface area contributed by atoms with Gasteiger partial charge in [-0.05, 0) is 25.0 Å². The highest BCUT2D eigenvalue weighted by molar-refractivity contribution is 7.07. The number of carbonyl (C=O) groups excluding carboxylic acids is 1. The maximum Gasteiger partial charge on any atom is 0.347 e. The smallest absolute Gasteiger partial charge is 0.347 e. The largest absolute Gasteiger partial charge is 0.478 e. The fourth-order valence-electron chi connectivity index (χ4n) is 2.93. The Kier molecular flexibility index (Phi) is 6.14. The van der Waals surface area contributed by atoms with E-state index in [9.17, 15) is 9.59 Å². The molecule has 2 aromatic heterocycles. The summed E-state index contributed by atoms with van der Waals surface area (Å²) < 4.78 is 16.9. The Hall–Kier alpha value is -2.67. The lowest BCUT2D eigenvalue weighted by Gasteiger charge is -2.22. The normalized spacial score (nSPS) is 12.3. The van der Waals surface area contributed by atoms with Gasteiger partial charge in [0.05, 0.1) is 28.8 Å². The van der Waals surface area contributed by atoms with Crippen LogP contribution in [-0.2, 0) is 16.0 Å². The molecule has 0 amide bonds. The molecule has 148 valence electrons. The van der Waals surface area contributed by atoms with Gasteiger partial charge in [-0.15, -0.1) is 11.3 Å². The third kappa shape index (κ3) is 3.94. The number of rotatable bonds is 7. The predicted octanol–water partition coefficient (Wildman–Crippen LogP) is 4.45. The second kappa shape index (κ2) is 8.56. The van der Waals surface area contributed by atoms with E-state index in [2.05, 4.69) is 4.98 Å². The van der Waals surface area contributed by atoms with Crippen molar-refractivity contribution >= 4 is 28.3 Å². The number of nitrogens with zero attached hydrogens (tertiary/aromatic N) is 1. The maximum atomic E-state index is 12.9. The predicted molar refractivity (Wildman–Crippen MR) is 109 cm³/mol. The Morgan fingerprint density at radius 2 is 2.07 bits per heavy atom. The van der Waals surface area contributed by atoms with Gasteiger partial charge in [0.25, 0.3) is 0 Å². The van der Waals surface area contributed by atoms with Gasteiger partial charge < -0.3 is 13.9 Å². The molecule has 1 aromatic carbocycles. The Morgan fingerprint density at radius 3 is 2.68 bits per heavy atom. The quantitative estimate of drug-likeness (QED) is 0.545. The van der Waals surface area contributed by atoms with Crippen LogP contribution in [0.5, 0.6) is 5.75 Å². The first-order chi connectivity index (χ1) is 13.5. The van der Waals surface area contributed by atoms with Crippen molar-refractivity contribution in [1.29, 1.82) is 0 Å². The van der Waals surface area contributed by atoms with Crippen LogP contribution in [-0.4, -0.2) is 23.7 Å². The SMILES string of the molecule is CCOC(=O)[C@H](Oc1cc2occ(-c3cscn3)c(=O)c2cc1CC)C(C)C. The lowest BCUT2D eigenvalue weighted by atomic mass is 10.0. The number of esters is 1. The average molecular weight is 401 g/mol. The van der Waals surface area contributed by atoms with Crippen molar-refractivity contribution in [3.8, 4) is 17.0 Å². The summed E-state index contributed by atoms with van der Waals surface area (Å²) in [6.45, 7) is 7.81. The van der Waals surface area contributed by atoms with Crippen LogP contribution in [0.15, 0.2) is 38.5 Å². The van der Waals surface area contributed by atoms with Crippen LogP contribution in [0.25, 0.3) is 22.2 Å². The molecule has 0 unspecified atom stereocenters. The minimum absolute atomic E-state index is 0.0708. The highest BCUT2D eigenvalue weighted by Crippen LogP contribution is 2.29. The third-order valence-corrected chi connectivity index (χ3v) is 5.01. The van der Waals surface area contributed by atoms with Crippen LogP contribution in [0.1, 0.15) is 33.3 Å². The molecule has 0 N–H and O–H groups in total. The van der Waals surface area contributed by atoms with Gasteiger partial charge in [-0.3, -0.25) is 4.79 Å². The Morgan fingerprint density at radius 1 is 1.29 bits per heavy atom. The zero-order valence-electron chi connectivity index (χ0n) is 16.4. The molecule has 7 heteroatoms. The first-order valence-electron chi connectivity index (χ1n) is 9.26. The van der Waals surface area contributed by atoms with Crippen LogP contribution in [0.3, 0.4) is 0 Å². The van der Waals surface area contributed by atoms with Crippen molar-refractivity contribution < 1.29 is 18.7 Å². The van der Waals surface area contributed by atoms with Crippen LogP contribution in [0, 0.1) is 5.92 Å². The fraction of sp³-hybridized carbons (Fsp3) is 0.381. The summed E-state index contributed by atoms with van der Waals surface area (Å²) in [5.74, 6) is 0.0461. The van der Waals surface area contributed by atoms with Crippen molar-refractivity contribution in [3.63, 3.8) is 0 Å². The molecule has 0 fully saturated rings. The van der Waals surface area contributed by atoms with E-state index in [4.69, 9.17) is 13.9 Å². The van der Waals surface area contributed by atoms with E-state index in [-0.39, 0.29) is 18.0 Å². The zero-order chi connectivity index (χ0) is 20.3. The maximum absolute atomic E-state index is 12.9. The highest BCUT2D eigenvalue weighted by Gasteiger charge is 2.27. The summed E-state index contributed by atoms with van der Waals surface area (Å²) in [6.07, 6.45) is 1.32. The molecule has 0 aliphatic heterocycles. The second-order valence-corrected chi connectivity index (χ2v) is 7.42. The Balaban J connectivity index is 2.06. The van der Waals surface area contributed by atoms with Crippen molar-refractivity contribution in [3.05, 3.63) is 45.1 Å². The van der Waals surface area contributed by atoms with Gasteiger partial charge in [-0.2, -0.15) is 0 Å². The van der Waals surface area contributed by atoms with Crippen molar-refractivity contribution in [1.82, 2.24) is 4.98 Å². The number of aromatic nitrogens is 1.